The van der Waals surface area contributed by atoms with Gasteiger partial charge in [-0.2, -0.15) is 5.26 Å². The molecule has 0 aliphatic carbocycles. The fourth-order valence-electron chi connectivity index (χ4n) is 2.13. The number of nitrogens with zero attached hydrogens (tertiary/aromatic N) is 4. The molecule has 90 valence electrons. The van der Waals surface area contributed by atoms with E-state index in [0.717, 1.165) is 43.4 Å². The third-order valence-electron chi connectivity index (χ3n) is 3.01. The molecule has 0 radical (unpaired) electrons. The van der Waals surface area contributed by atoms with E-state index >= 15 is 0 Å². The Bertz CT molecular complexity index is 437. The van der Waals surface area contributed by atoms with Gasteiger partial charge in [0.25, 0.3) is 0 Å². The van der Waals surface area contributed by atoms with Gasteiger partial charge in [0.05, 0.1) is 12.0 Å². The molecule has 0 saturated carbocycles. The lowest BCUT2D eigenvalue weighted by molar-refractivity contribution is 0.490. The van der Waals surface area contributed by atoms with Crippen LogP contribution < -0.4 is 10.2 Å². The molecule has 0 aromatic carbocycles. The second-order valence-corrected chi connectivity index (χ2v) is 4.32. The van der Waals surface area contributed by atoms with Crippen molar-refractivity contribution in [2.45, 2.75) is 19.8 Å². The Morgan fingerprint density at radius 2 is 2.35 bits per heavy atom. The van der Waals surface area contributed by atoms with Crippen molar-refractivity contribution in [1.82, 2.24) is 9.97 Å². The lowest BCUT2D eigenvalue weighted by Crippen LogP contribution is -2.35. The van der Waals surface area contributed by atoms with Crippen LogP contribution in [0.5, 0.6) is 0 Å². The van der Waals surface area contributed by atoms with Gasteiger partial charge in [0, 0.05) is 26.2 Å². The van der Waals surface area contributed by atoms with Gasteiger partial charge in [-0.25, -0.2) is 9.97 Å². The van der Waals surface area contributed by atoms with Crippen molar-refractivity contribution in [2.24, 2.45) is 5.92 Å². The van der Waals surface area contributed by atoms with Crippen LogP contribution >= 0.6 is 0 Å². The number of hydrogen-bond acceptors (Lipinski definition) is 5. The van der Waals surface area contributed by atoms with E-state index in [4.69, 9.17) is 5.26 Å². The van der Waals surface area contributed by atoms with E-state index in [-0.39, 0.29) is 5.92 Å². The molecule has 1 fully saturated rings. The van der Waals surface area contributed by atoms with E-state index in [0.29, 0.717) is 0 Å². The van der Waals surface area contributed by atoms with Gasteiger partial charge in [0.2, 0.25) is 0 Å². The summed E-state index contributed by atoms with van der Waals surface area (Å²) in [6.45, 7) is 3.63. The Morgan fingerprint density at radius 1 is 1.53 bits per heavy atom. The average Bonchev–Trinajstić information content (AvgIpc) is 2.38. The minimum absolute atomic E-state index is 0.122. The van der Waals surface area contributed by atoms with E-state index in [1.807, 2.05) is 20.0 Å². The van der Waals surface area contributed by atoms with Crippen LogP contribution in [0.15, 0.2) is 6.07 Å². The average molecular weight is 231 g/mol. The molecule has 1 aromatic heterocycles. The molecule has 0 bridgehead atoms. The van der Waals surface area contributed by atoms with E-state index < -0.39 is 0 Å². The Hall–Kier alpha value is -1.83. The van der Waals surface area contributed by atoms with Crippen molar-refractivity contribution < 1.29 is 0 Å². The van der Waals surface area contributed by atoms with Crippen LogP contribution in [0.3, 0.4) is 0 Å². The second kappa shape index (κ2) is 5.00. The maximum atomic E-state index is 8.99. The van der Waals surface area contributed by atoms with Crippen LogP contribution in [-0.4, -0.2) is 30.1 Å². The molecule has 17 heavy (non-hydrogen) atoms. The standard InChI is InChI=1S/C12H17N5/c1-9-15-11(14-2)6-12(16-9)17-5-3-4-10(7-13)8-17/h6,10H,3-5,8H2,1-2H3,(H,14,15,16). The van der Waals surface area contributed by atoms with Gasteiger partial charge in [-0.05, 0) is 19.8 Å². The molecular weight excluding hydrogens is 214 g/mol. The number of aryl methyl sites for hydroxylation is 1. The van der Waals surface area contributed by atoms with Crippen LogP contribution in [0, 0.1) is 24.2 Å². The van der Waals surface area contributed by atoms with Crippen LogP contribution in [0.25, 0.3) is 0 Å². The van der Waals surface area contributed by atoms with Crippen molar-refractivity contribution in [1.29, 1.82) is 5.26 Å². The monoisotopic (exact) mass is 231 g/mol. The number of aromatic nitrogens is 2. The van der Waals surface area contributed by atoms with E-state index in [1.54, 1.807) is 0 Å². The predicted octanol–water partition coefficient (Wildman–Crippen LogP) is 1.57. The van der Waals surface area contributed by atoms with Crippen LogP contribution in [0.4, 0.5) is 11.6 Å². The Labute approximate surface area is 101 Å². The van der Waals surface area contributed by atoms with Crippen molar-refractivity contribution in [3.63, 3.8) is 0 Å². The van der Waals surface area contributed by atoms with Gasteiger partial charge in [-0.1, -0.05) is 0 Å². The maximum absolute atomic E-state index is 8.99. The molecule has 0 spiro atoms. The number of nitriles is 1. The lowest BCUT2D eigenvalue weighted by atomic mass is 10.00. The molecule has 5 nitrogen and oxygen atoms in total. The van der Waals surface area contributed by atoms with Crippen molar-refractivity contribution in [3.05, 3.63) is 11.9 Å². The van der Waals surface area contributed by atoms with Gasteiger partial charge in [0.1, 0.15) is 17.5 Å². The summed E-state index contributed by atoms with van der Waals surface area (Å²) in [7, 11) is 1.85. The van der Waals surface area contributed by atoms with Gasteiger partial charge >= 0.3 is 0 Å². The predicted molar refractivity (Wildman–Crippen MR) is 66.9 cm³/mol. The topological polar surface area (TPSA) is 64.8 Å². The summed E-state index contributed by atoms with van der Waals surface area (Å²) in [5.74, 6) is 2.62. The summed E-state index contributed by atoms with van der Waals surface area (Å²) in [4.78, 5) is 10.9. The Morgan fingerprint density at radius 3 is 3.06 bits per heavy atom. The van der Waals surface area contributed by atoms with Gasteiger partial charge in [0.15, 0.2) is 0 Å². The summed E-state index contributed by atoms with van der Waals surface area (Å²) in [6, 6.07) is 4.28. The van der Waals surface area contributed by atoms with E-state index in [9.17, 15) is 0 Å². The zero-order valence-corrected chi connectivity index (χ0v) is 10.3. The van der Waals surface area contributed by atoms with Gasteiger partial charge in [-0.15, -0.1) is 0 Å². The summed E-state index contributed by atoms with van der Waals surface area (Å²) in [5.41, 5.74) is 0. The SMILES string of the molecule is CNc1cc(N2CCCC(C#N)C2)nc(C)n1. The first-order valence-corrected chi connectivity index (χ1v) is 5.91. The zero-order valence-electron chi connectivity index (χ0n) is 10.3. The lowest BCUT2D eigenvalue weighted by Gasteiger charge is -2.30. The van der Waals surface area contributed by atoms with Crippen LogP contribution in [-0.2, 0) is 0 Å². The number of hydrogen-bond donors (Lipinski definition) is 1. The minimum atomic E-state index is 0.122. The molecule has 1 aliphatic heterocycles. The third kappa shape index (κ3) is 2.64. The number of anilines is 2. The van der Waals surface area contributed by atoms with Gasteiger partial charge < -0.3 is 10.2 Å². The van der Waals surface area contributed by atoms with Gasteiger partial charge in [-0.3, -0.25) is 0 Å². The first-order valence-electron chi connectivity index (χ1n) is 5.91. The molecule has 1 aliphatic rings. The van der Waals surface area contributed by atoms with E-state index in [1.165, 1.54) is 0 Å². The first-order chi connectivity index (χ1) is 8.22. The van der Waals surface area contributed by atoms with Crippen molar-refractivity contribution >= 4 is 11.6 Å². The summed E-state index contributed by atoms with van der Waals surface area (Å²) < 4.78 is 0. The molecule has 1 atom stereocenters. The molecule has 5 heteroatoms. The zero-order chi connectivity index (χ0) is 12.3. The quantitative estimate of drug-likeness (QED) is 0.837. The normalized spacial score (nSPS) is 19.8. The van der Waals surface area contributed by atoms with Crippen molar-refractivity contribution in [2.75, 3.05) is 30.4 Å². The van der Waals surface area contributed by atoms with E-state index in [2.05, 4.69) is 26.3 Å². The molecule has 1 unspecified atom stereocenters. The highest BCUT2D eigenvalue weighted by molar-refractivity contribution is 5.49. The van der Waals surface area contributed by atoms with Crippen LogP contribution in [0.1, 0.15) is 18.7 Å². The number of piperidine rings is 1. The molecular formula is C12H17N5. The first kappa shape index (κ1) is 11.6. The number of rotatable bonds is 2. The second-order valence-electron chi connectivity index (χ2n) is 4.32. The highest BCUT2D eigenvalue weighted by Crippen LogP contribution is 2.22. The molecule has 0 amide bonds. The highest BCUT2D eigenvalue weighted by atomic mass is 15.2. The fourth-order valence-corrected chi connectivity index (χ4v) is 2.13. The molecule has 1 N–H and O–H groups in total. The maximum Gasteiger partial charge on any atom is 0.134 e. The fraction of sp³-hybridized carbons (Fsp3) is 0.583. The molecule has 2 rings (SSSR count). The summed E-state index contributed by atoms with van der Waals surface area (Å²) in [6.07, 6.45) is 2.05. The Kier molecular flexibility index (Phi) is 3.43. The summed E-state index contributed by atoms with van der Waals surface area (Å²) >= 11 is 0. The van der Waals surface area contributed by atoms with Crippen molar-refractivity contribution in [3.8, 4) is 6.07 Å². The highest BCUT2D eigenvalue weighted by Gasteiger charge is 2.21. The minimum Gasteiger partial charge on any atom is -0.373 e. The largest absolute Gasteiger partial charge is 0.373 e. The smallest absolute Gasteiger partial charge is 0.134 e. The third-order valence-corrected chi connectivity index (χ3v) is 3.01. The summed E-state index contributed by atoms with van der Waals surface area (Å²) in [5, 5.41) is 12.0. The Balaban J connectivity index is 2.21. The molecule has 1 aromatic rings. The van der Waals surface area contributed by atoms with Crippen LogP contribution in [0.2, 0.25) is 0 Å². The molecule has 1 saturated heterocycles. The molecule has 2 heterocycles. The number of nitrogens with one attached hydrogen (secondary N) is 1.